The van der Waals surface area contributed by atoms with Crippen LogP contribution in [0.5, 0.6) is 0 Å². The summed E-state index contributed by atoms with van der Waals surface area (Å²) in [6.07, 6.45) is 2.17. The number of benzene rings is 1. The van der Waals surface area contributed by atoms with Crippen molar-refractivity contribution in [2.45, 2.75) is 32.7 Å². The first-order valence-electron chi connectivity index (χ1n) is 8.05. The average Bonchev–Trinajstić information content (AvgIpc) is 3.02. The number of hydrogen-bond donors (Lipinski definition) is 2. The molecule has 1 aliphatic heterocycles. The number of carbonyl (C=O) groups is 2. The third-order valence-corrected chi connectivity index (χ3v) is 4.92. The Labute approximate surface area is 146 Å². The fourth-order valence-corrected chi connectivity index (χ4v) is 3.27. The minimum Gasteiger partial charge on any atom is -0.338 e. The molecule has 2 N–H and O–H groups in total. The Balaban J connectivity index is 1.89. The van der Waals surface area contributed by atoms with E-state index in [1.54, 1.807) is 0 Å². The number of halogens is 1. The van der Waals surface area contributed by atoms with Crippen molar-refractivity contribution in [1.82, 2.24) is 4.90 Å². The Morgan fingerprint density at radius 2 is 2.00 bits per heavy atom. The number of nitrogens with one attached hydrogen (secondary N) is 2. The fraction of sp³-hybridized carbons (Fsp3) is 0.529. The molecule has 1 unspecified atom stereocenters. The van der Waals surface area contributed by atoms with Gasteiger partial charge in [0, 0.05) is 23.2 Å². The van der Waals surface area contributed by atoms with E-state index in [9.17, 15) is 9.59 Å². The number of likely N-dealkylation sites (tertiary alicyclic amines) is 1. The smallest absolute Gasteiger partial charge is 0.280 e. The second-order valence-electron chi connectivity index (χ2n) is 6.28. The van der Waals surface area contributed by atoms with Crippen LogP contribution in [0.2, 0.25) is 0 Å². The lowest BCUT2D eigenvalue weighted by molar-refractivity contribution is -0.886. The van der Waals surface area contributed by atoms with Gasteiger partial charge in [0.1, 0.15) is 0 Å². The number of amides is 2. The van der Waals surface area contributed by atoms with Crippen molar-refractivity contribution in [3.63, 3.8) is 0 Å². The average molecular weight is 383 g/mol. The van der Waals surface area contributed by atoms with Crippen molar-refractivity contribution in [3.8, 4) is 0 Å². The van der Waals surface area contributed by atoms with E-state index in [2.05, 4.69) is 21.2 Å². The van der Waals surface area contributed by atoms with Crippen LogP contribution in [0.3, 0.4) is 0 Å². The van der Waals surface area contributed by atoms with Crippen molar-refractivity contribution in [1.29, 1.82) is 0 Å². The highest BCUT2D eigenvalue weighted by Crippen LogP contribution is 2.19. The van der Waals surface area contributed by atoms with E-state index in [1.807, 2.05) is 44.0 Å². The van der Waals surface area contributed by atoms with Crippen LogP contribution >= 0.6 is 15.9 Å². The fourth-order valence-electron chi connectivity index (χ4n) is 2.79. The standard InChI is InChI=1S/C17H24BrN3O2/c1-12-10-14(18)6-7-15(12)19-16(22)11-20(3)13(2)17(23)21-8-4-5-9-21/h6-7,10,13H,4-5,8-9,11H2,1-3H3,(H,19,22)/p+1/t13-/m1/s1. The third kappa shape index (κ3) is 4.78. The molecule has 0 spiro atoms. The van der Waals surface area contributed by atoms with Gasteiger partial charge in [-0.05, 0) is 50.5 Å². The molecule has 23 heavy (non-hydrogen) atoms. The number of hydrogen-bond acceptors (Lipinski definition) is 2. The van der Waals surface area contributed by atoms with Gasteiger partial charge >= 0.3 is 0 Å². The van der Waals surface area contributed by atoms with Gasteiger partial charge in [0.25, 0.3) is 11.8 Å². The Bertz CT molecular complexity index is 585. The molecule has 2 rings (SSSR count). The van der Waals surface area contributed by atoms with E-state index in [0.717, 1.165) is 46.6 Å². The van der Waals surface area contributed by atoms with E-state index in [4.69, 9.17) is 0 Å². The summed E-state index contributed by atoms with van der Waals surface area (Å²) in [7, 11) is 1.90. The molecular weight excluding hydrogens is 358 g/mol. The zero-order chi connectivity index (χ0) is 17.0. The molecule has 2 amide bonds. The lowest BCUT2D eigenvalue weighted by Crippen LogP contribution is -3.15. The van der Waals surface area contributed by atoms with Crippen LogP contribution in [-0.2, 0) is 9.59 Å². The third-order valence-electron chi connectivity index (χ3n) is 4.43. The summed E-state index contributed by atoms with van der Waals surface area (Å²) in [6, 6.07) is 5.54. The quantitative estimate of drug-likeness (QED) is 0.804. The first kappa shape index (κ1) is 17.9. The van der Waals surface area contributed by atoms with Crippen LogP contribution in [0.4, 0.5) is 5.69 Å². The van der Waals surface area contributed by atoms with Gasteiger partial charge in [-0.1, -0.05) is 15.9 Å². The number of carbonyl (C=O) groups excluding carboxylic acids is 2. The molecule has 1 aromatic carbocycles. The van der Waals surface area contributed by atoms with Gasteiger partial charge in [0.05, 0.1) is 7.05 Å². The number of aryl methyl sites for hydroxylation is 1. The molecule has 0 radical (unpaired) electrons. The van der Waals surface area contributed by atoms with Gasteiger partial charge in [-0.25, -0.2) is 0 Å². The topological polar surface area (TPSA) is 53.9 Å². The minimum absolute atomic E-state index is 0.0750. The van der Waals surface area contributed by atoms with Crippen LogP contribution in [-0.4, -0.2) is 49.4 Å². The number of likely N-dealkylation sites (N-methyl/N-ethyl adjacent to an activating group) is 1. The molecular formula is C17H25BrN3O2+. The highest BCUT2D eigenvalue weighted by Gasteiger charge is 2.29. The van der Waals surface area contributed by atoms with Crippen molar-refractivity contribution in [3.05, 3.63) is 28.2 Å². The van der Waals surface area contributed by atoms with Gasteiger partial charge in [-0.15, -0.1) is 0 Å². The van der Waals surface area contributed by atoms with Gasteiger partial charge in [0.15, 0.2) is 12.6 Å². The molecule has 0 saturated carbocycles. The van der Waals surface area contributed by atoms with E-state index in [0.29, 0.717) is 0 Å². The zero-order valence-electron chi connectivity index (χ0n) is 14.0. The van der Waals surface area contributed by atoms with E-state index >= 15 is 0 Å². The maximum absolute atomic E-state index is 12.4. The number of rotatable bonds is 5. The maximum atomic E-state index is 12.4. The molecule has 5 nitrogen and oxygen atoms in total. The second-order valence-corrected chi connectivity index (χ2v) is 7.20. The molecule has 0 aliphatic carbocycles. The maximum Gasteiger partial charge on any atom is 0.280 e. The van der Waals surface area contributed by atoms with E-state index in [1.165, 1.54) is 0 Å². The molecule has 1 aromatic rings. The molecule has 126 valence electrons. The van der Waals surface area contributed by atoms with E-state index in [-0.39, 0.29) is 24.4 Å². The van der Waals surface area contributed by atoms with Crippen LogP contribution in [0.1, 0.15) is 25.3 Å². The largest absolute Gasteiger partial charge is 0.338 e. The normalized spacial score (nSPS) is 17.0. The number of quaternary nitrogens is 1. The number of anilines is 1. The molecule has 6 heteroatoms. The van der Waals surface area contributed by atoms with Gasteiger partial charge < -0.3 is 15.1 Å². The lowest BCUT2D eigenvalue weighted by Gasteiger charge is -2.25. The summed E-state index contributed by atoms with van der Waals surface area (Å²) in [4.78, 5) is 27.4. The summed E-state index contributed by atoms with van der Waals surface area (Å²) >= 11 is 3.41. The lowest BCUT2D eigenvalue weighted by atomic mass is 10.2. The molecule has 1 heterocycles. The SMILES string of the molecule is Cc1cc(Br)ccc1NC(=O)C[NH+](C)[C@H](C)C(=O)N1CCCC1. The molecule has 1 aliphatic rings. The summed E-state index contributed by atoms with van der Waals surface area (Å²) in [5.41, 5.74) is 1.82. The highest BCUT2D eigenvalue weighted by atomic mass is 79.9. The first-order valence-corrected chi connectivity index (χ1v) is 8.85. The molecule has 0 bridgehead atoms. The highest BCUT2D eigenvalue weighted by molar-refractivity contribution is 9.10. The summed E-state index contributed by atoms with van der Waals surface area (Å²) in [6.45, 7) is 5.82. The summed E-state index contributed by atoms with van der Waals surface area (Å²) in [5, 5.41) is 2.93. The van der Waals surface area contributed by atoms with Crippen molar-refractivity contribution >= 4 is 33.4 Å². The predicted molar refractivity (Wildman–Crippen MR) is 94.5 cm³/mol. The van der Waals surface area contributed by atoms with Gasteiger partial charge in [0.2, 0.25) is 0 Å². The van der Waals surface area contributed by atoms with Crippen LogP contribution in [0.15, 0.2) is 22.7 Å². The monoisotopic (exact) mass is 382 g/mol. The van der Waals surface area contributed by atoms with Crippen molar-refractivity contribution in [2.24, 2.45) is 0 Å². The van der Waals surface area contributed by atoms with Crippen molar-refractivity contribution in [2.75, 3.05) is 32.0 Å². The minimum atomic E-state index is -0.204. The molecule has 0 aromatic heterocycles. The van der Waals surface area contributed by atoms with Gasteiger partial charge in [-0.2, -0.15) is 0 Å². The van der Waals surface area contributed by atoms with Crippen LogP contribution < -0.4 is 10.2 Å². The Kier molecular flexibility index (Phi) is 6.18. The van der Waals surface area contributed by atoms with Crippen molar-refractivity contribution < 1.29 is 14.5 Å². The predicted octanol–water partition coefficient (Wildman–Crippen LogP) is 1.22. The Morgan fingerprint density at radius 3 is 2.61 bits per heavy atom. The molecule has 1 fully saturated rings. The van der Waals surface area contributed by atoms with E-state index < -0.39 is 0 Å². The first-order chi connectivity index (χ1) is 10.9. The summed E-state index contributed by atoms with van der Waals surface area (Å²) in [5.74, 6) is 0.0709. The number of nitrogens with zero attached hydrogens (tertiary/aromatic N) is 1. The van der Waals surface area contributed by atoms with Crippen LogP contribution in [0.25, 0.3) is 0 Å². The Hall–Kier alpha value is -1.40. The molecule has 2 atom stereocenters. The summed E-state index contributed by atoms with van der Waals surface area (Å²) < 4.78 is 0.987. The van der Waals surface area contributed by atoms with Gasteiger partial charge in [-0.3, -0.25) is 9.59 Å². The van der Waals surface area contributed by atoms with Crippen LogP contribution in [0, 0.1) is 6.92 Å². The molecule has 1 saturated heterocycles. The second kappa shape index (κ2) is 7.93. The zero-order valence-corrected chi connectivity index (χ0v) is 15.6. The Morgan fingerprint density at radius 1 is 1.35 bits per heavy atom.